The van der Waals surface area contributed by atoms with E-state index < -0.39 is 0 Å². The molecule has 0 bridgehead atoms. The predicted molar refractivity (Wildman–Crippen MR) is 207 cm³/mol. The monoisotopic (exact) mass is 672 g/mol. The van der Waals surface area contributed by atoms with Crippen LogP contribution in [0.25, 0.3) is 110 Å². The molecule has 0 atom stereocenters. The third-order valence-corrected chi connectivity index (χ3v) is 10.7. The number of nitrogens with zero attached hydrogens (tertiary/aromatic N) is 4. The van der Waals surface area contributed by atoms with Gasteiger partial charge in [-0.25, -0.2) is 19.9 Å². The quantitative estimate of drug-likeness (QED) is 0.185. The first-order valence-corrected chi connectivity index (χ1v) is 17.5. The molecule has 0 N–H and O–H groups in total. The first-order valence-electron chi connectivity index (χ1n) is 16.7. The smallest absolute Gasteiger partial charge is 0.227 e. The van der Waals surface area contributed by atoms with Crippen molar-refractivity contribution in [1.29, 1.82) is 0 Å². The van der Waals surface area contributed by atoms with Crippen molar-refractivity contribution in [3.63, 3.8) is 0 Å². The third kappa shape index (κ3) is 4.35. The Labute approximate surface area is 294 Å². The number of fused-ring (bicyclic) bond motifs is 10. The lowest BCUT2D eigenvalue weighted by atomic mass is 9.99. The minimum absolute atomic E-state index is 0.531. The van der Waals surface area contributed by atoms with E-state index in [9.17, 15) is 0 Å². The summed E-state index contributed by atoms with van der Waals surface area (Å²) in [4.78, 5) is 20.4. The van der Waals surface area contributed by atoms with Crippen molar-refractivity contribution in [2.24, 2.45) is 0 Å². The number of aromatic nitrogens is 4. The zero-order chi connectivity index (χ0) is 33.5. The summed E-state index contributed by atoms with van der Waals surface area (Å²) in [6.45, 7) is 0. The van der Waals surface area contributed by atoms with Gasteiger partial charge in [0.15, 0.2) is 23.1 Å². The SMILES string of the molecule is c1ccc(-c2nc(-c3cc4ccccc4c4c3oc3ccc5nc(-c6ccccc6)oc5c34)nc(-c3cccc4sc5ccccc5c34)n2)cc1. The molecule has 0 amide bonds. The van der Waals surface area contributed by atoms with Crippen molar-refractivity contribution in [3.8, 4) is 45.6 Å². The van der Waals surface area contributed by atoms with Crippen molar-refractivity contribution < 1.29 is 8.83 Å². The maximum absolute atomic E-state index is 6.79. The molecule has 11 aromatic rings. The molecule has 0 aliphatic heterocycles. The van der Waals surface area contributed by atoms with Crippen molar-refractivity contribution in [1.82, 2.24) is 19.9 Å². The van der Waals surface area contributed by atoms with Crippen LogP contribution < -0.4 is 0 Å². The number of hydrogen-bond donors (Lipinski definition) is 0. The van der Waals surface area contributed by atoms with Gasteiger partial charge in [-0.15, -0.1) is 11.3 Å². The maximum atomic E-state index is 6.79. The van der Waals surface area contributed by atoms with Crippen LogP contribution in [0.5, 0.6) is 0 Å². The van der Waals surface area contributed by atoms with Crippen molar-refractivity contribution in [3.05, 3.63) is 146 Å². The molecule has 11 rings (SSSR count). The van der Waals surface area contributed by atoms with E-state index in [1.54, 1.807) is 11.3 Å². The van der Waals surface area contributed by atoms with Gasteiger partial charge >= 0.3 is 0 Å². The van der Waals surface area contributed by atoms with E-state index in [0.29, 0.717) is 40.1 Å². The van der Waals surface area contributed by atoms with E-state index in [0.717, 1.165) is 54.7 Å². The van der Waals surface area contributed by atoms with Crippen LogP contribution in [-0.2, 0) is 0 Å². The fraction of sp³-hybridized carbons (Fsp3) is 0. The molecular formula is C44H24N4O2S. The van der Waals surface area contributed by atoms with Crippen LogP contribution in [-0.4, -0.2) is 19.9 Å². The minimum atomic E-state index is 0.531. The van der Waals surface area contributed by atoms with Crippen LogP contribution in [0.15, 0.2) is 154 Å². The zero-order valence-electron chi connectivity index (χ0n) is 26.9. The Morgan fingerprint density at radius 3 is 1.96 bits per heavy atom. The van der Waals surface area contributed by atoms with E-state index in [4.69, 9.17) is 28.8 Å². The second kappa shape index (κ2) is 10.9. The molecule has 0 fully saturated rings. The van der Waals surface area contributed by atoms with E-state index in [1.165, 1.54) is 14.8 Å². The van der Waals surface area contributed by atoms with Gasteiger partial charge in [-0.05, 0) is 53.2 Å². The van der Waals surface area contributed by atoms with Gasteiger partial charge in [-0.1, -0.05) is 103 Å². The average molecular weight is 673 g/mol. The molecule has 7 aromatic carbocycles. The molecule has 0 saturated heterocycles. The van der Waals surface area contributed by atoms with Crippen LogP contribution in [0.1, 0.15) is 0 Å². The summed E-state index contributed by atoms with van der Waals surface area (Å²) >= 11 is 1.78. The molecule has 0 aliphatic rings. The largest absolute Gasteiger partial charge is 0.455 e. The number of rotatable bonds is 4. The van der Waals surface area contributed by atoms with Gasteiger partial charge in [0.2, 0.25) is 5.89 Å². The van der Waals surface area contributed by atoms with Gasteiger partial charge in [0.25, 0.3) is 0 Å². The maximum Gasteiger partial charge on any atom is 0.227 e. The molecule has 4 heterocycles. The molecule has 7 heteroatoms. The second-order valence-electron chi connectivity index (χ2n) is 12.6. The number of furan rings is 1. The Kier molecular flexibility index (Phi) is 6.02. The molecule has 4 aromatic heterocycles. The van der Waals surface area contributed by atoms with E-state index in [2.05, 4.69) is 66.7 Å². The Balaban J connectivity index is 1.23. The number of thiophene rings is 1. The van der Waals surface area contributed by atoms with Crippen LogP contribution in [0.4, 0.5) is 0 Å². The zero-order valence-corrected chi connectivity index (χ0v) is 27.7. The highest BCUT2D eigenvalue weighted by Crippen LogP contribution is 2.45. The van der Waals surface area contributed by atoms with Gasteiger partial charge in [-0.3, -0.25) is 0 Å². The second-order valence-corrected chi connectivity index (χ2v) is 13.7. The normalized spacial score (nSPS) is 11.9. The summed E-state index contributed by atoms with van der Waals surface area (Å²) in [6, 6.07) is 49.3. The van der Waals surface area contributed by atoms with Crippen LogP contribution >= 0.6 is 11.3 Å². The molecule has 0 radical (unpaired) electrons. The average Bonchev–Trinajstić information content (AvgIpc) is 3.92. The highest BCUT2D eigenvalue weighted by molar-refractivity contribution is 7.25. The van der Waals surface area contributed by atoms with Crippen molar-refractivity contribution >= 4 is 75.3 Å². The lowest BCUT2D eigenvalue weighted by molar-refractivity contribution is 0.622. The van der Waals surface area contributed by atoms with E-state index in [-0.39, 0.29) is 0 Å². The highest BCUT2D eigenvalue weighted by Gasteiger charge is 2.24. The number of hydrogen-bond acceptors (Lipinski definition) is 7. The van der Waals surface area contributed by atoms with Crippen LogP contribution in [0, 0.1) is 0 Å². The number of benzene rings is 7. The predicted octanol–water partition coefficient (Wildman–Crippen LogP) is 12.1. The Hall–Kier alpha value is -6.70. The summed E-state index contributed by atoms with van der Waals surface area (Å²) in [5, 5.41) is 6.23. The van der Waals surface area contributed by atoms with Gasteiger partial charge in [-0.2, -0.15) is 0 Å². The summed E-state index contributed by atoms with van der Waals surface area (Å²) < 4.78 is 15.7. The fourth-order valence-corrected chi connectivity index (χ4v) is 8.38. The van der Waals surface area contributed by atoms with E-state index in [1.807, 2.05) is 78.9 Å². The summed E-state index contributed by atoms with van der Waals surface area (Å²) in [7, 11) is 0. The van der Waals surface area contributed by atoms with Crippen LogP contribution in [0.2, 0.25) is 0 Å². The Morgan fingerprint density at radius 2 is 1.12 bits per heavy atom. The van der Waals surface area contributed by atoms with Gasteiger partial charge < -0.3 is 8.83 Å². The first-order chi connectivity index (χ1) is 25.3. The Morgan fingerprint density at radius 1 is 0.431 bits per heavy atom. The summed E-state index contributed by atoms with van der Waals surface area (Å²) in [5.74, 6) is 2.30. The van der Waals surface area contributed by atoms with E-state index >= 15 is 0 Å². The van der Waals surface area contributed by atoms with Crippen molar-refractivity contribution in [2.75, 3.05) is 0 Å². The molecule has 51 heavy (non-hydrogen) atoms. The number of oxazole rings is 1. The van der Waals surface area contributed by atoms with Crippen LogP contribution in [0.3, 0.4) is 0 Å². The summed E-state index contributed by atoms with van der Waals surface area (Å²) in [5.41, 5.74) is 6.40. The lowest BCUT2D eigenvalue weighted by Gasteiger charge is -2.11. The standard InChI is InChI=1S/C44H24N4O2S/c1-3-12-25(13-4-1)41-46-42(30-19-11-21-35-36(30)29-18-9-10-20-34(29)51-35)48-43(47-41)31-24-27-16-7-8-17-28(27)37-38-33(49-39(31)37)23-22-32-40(38)50-44(45-32)26-14-5-2-6-15-26/h1-24H. The molecule has 0 unspecified atom stereocenters. The topological polar surface area (TPSA) is 77.8 Å². The lowest BCUT2D eigenvalue weighted by Crippen LogP contribution is -2.00. The van der Waals surface area contributed by atoms with Crippen molar-refractivity contribution in [2.45, 2.75) is 0 Å². The van der Waals surface area contributed by atoms with Gasteiger partial charge in [0.1, 0.15) is 16.7 Å². The molecule has 0 aliphatic carbocycles. The molecule has 238 valence electrons. The molecular weight excluding hydrogens is 649 g/mol. The molecule has 0 spiro atoms. The highest BCUT2D eigenvalue weighted by atomic mass is 32.1. The minimum Gasteiger partial charge on any atom is -0.455 e. The van der Waals surface area contributed by atoms with Gasteiger partial charge in [0.05, 0.1) is 10.9 Å². The molecule has 6 nitrogen and oxygen atoms in total. The van der Waals surface area contributed by atoms with Gasteiger partial charge in [0, 0.05) is 42.2 Å². The fourth-order valence-electron chi connectivity index (χ4n) is 7.25. The summed E-state index contributed by atoms with van der Waals surface area (Å²) in [6.07, 6.45) is 0. The Bertz CT molecular complexity index is 3150. The molecule has 0 saturated carbocycles. The third-order valence-electron chi connectivity index (χ3n) is 9.56. The first kappa shape index (κ1) is 28.2.